The Bertz CT molecular complexity index is 1010. The molecule has 0 atom stereocenters. The van der Waals surface area contributed by atoms with E-state index in [1.807, 2.05) is 18.4 Å². The Morgan fingerprint density at radius 3 is 2.52 bits per heavy atom. The highest BCUT2D eigenvalue weighted by Crippen LogP contribution is 2.24. The van der Waals surface area contributed by atoms with E-state index in [1.165, 1.54) is 12.5 Å². The number of carbonyl (C=O) groups is 2. The number of benzene rings is 2. The fourth-order valence-electron chi connectivity index (χ4n) is 2.75. The fraction of sp³-hybridized carbons (Fsp3) is 0.227. The molecular formula is C22H24N4O2S. The number of hydrogen-bond donors (Lipinski definition) is 3. The number of anilines is 2. The number of urea groups is 1. The van der Waals surface area contributed by atoms with Crippen molar-refractivity contribution < 1.29 is 9.59 Å². The lowest BCUT2D eigenvalue weighted by atomic mass is 10.2. The molecule has 3 rings (SSSR count). The van der Waals surface area contributed by atoms with E-state index in [0.29, 0.717) is 24.3 Å². The molecule has 0 aliphatic heterocycles. The third-order valence-electron chi connectivity index (χ3n) is 4.32. The summed E-state index contributed by atoms with van der Waals surface area (Å²) in [6.07, 6.45) is 0.654. The molecule has 3 aromatic rings. The van der Waals surface area contributed by atoms with Gasteiger partial charge in [-0.2, -0.15) is 0 Å². The maximum Gasteiger partial charge on any atom is 0.319 e. The summed E-state index contributed by atoms with van der Waals surface area (Å²) in [7, 11) is 0. The van der Waals surface area contributed by atoms with Gasteiger partial charge in [-0.25, -0.2) is 9.78 Å². The summed E-state index contributed by atoms with van der Waals surface area (Å²) in [5.74, 6) is -0.150. The van der Waals surface area contributed by atoms with Gasteiger partial charge in [0.25, 0.3) is 0 Å². The van der Waals surface area contributed by atoms with Crippen molar-refractivity contribution in [3.8, 4) is 10.6 Å². The van der Waals surface area contributed by atoms with Gasteiger partial charge in [0, 0.05) is 42.2 Å². The summed E-state index contributed by atoms with van der Waals surface area (Å²) in [4.78, 5) is 28.1. The Kier molecular flexibility index (Phi) is 6.61. The van der Waals surface area contributed by atoms with Crippen LogP contribution >= 0.6 is 11.3 Å². The molecule has 0 bridgehead atoms. The topological polar surface area (TPSA) is 83.1 Å². The van der Waals surface area contributed by atoms with E-state index >= 15 is 0 Å². The zero-order valence-corrected chi connectivity index (χ0v) is 17.5. The van der Waals surface area contributed by atoms with Gasteiger partial charge in [0.1, 0.15) is 5.01 Å². The first kappa shape index (κ1) is 20.5. The largest absolute Gasteiger partial charge is 0.337 e. The molecule has 150 valence electrons. The minimum Gasteiger partial charge on any atom is -0.337 e. The highest BCUT2D eigenvalue weighted by molar-refractivity contribution is 7.13. The Hall–Kier alpha value is -3.19. The lowest BCUT2D eigenvalue weighted by molar-refractivity contribution is -0.114. The molecule has 7 heteroatoms. The van der Waals surface area contributed by atoms with Gasteiger partial charge in [-0.15, -0.1) is 11.3 Å². The number of carbonyl (C=O) groups excluding carboxylic acids is 2. The molecule has 3 N–H and O–H groups in total. The summed E-state index contributed by atoms with van der Waals surface area (Å²) >= 11 is 1.60. The van der Waals surface area contributed by atoms with E-state index in [-0.39, 0.29) is 11.9 Å². The van der Waals surface area contributed by atoms with Crippen LogP contribution in [-0.4, -0.2) is 23.5 Å². The number of thiazole rings is 1. The van der Waals surface area contributed by atoms with Gasteiger partial charge in [-0.3, -0.25) is 4.79 Å². The van der Waals surface area contributed by atoms with Crippen molar-refractivity contribution in [3.63, 3.8) is 0 Å². The molecule has 1 aromatic heterocycles. The van der Waals surface area contributed by atoms with Crippen LogP contribution in [0.3, 0.4) is 0 Å². The molecule has 2 aromatic carbocycles. The Morgan fingerprint density at radius 1 is 1.03 bits per heavy atom. The number of nitrogens with zero attached hydrogens (tertiary/aromatic N) is 1. The number of rotatable bonds is 6. The minimum atomic E-state index is -0.295. The van der Waals surface area contributed by atoms with E-state index < -0.39 is 0 Å². The van der Waals surface area contributed by atoms with Gasteiger partial charge in [-0.05, 0) is 31.5 Å². The number of hydrogen-bond acceptors (Lipinski definition) is 4. The molecule has 0 fully saturated rings. The summed E-state index contributed by atoms with van der Waals surface area (Å²) in [5, 5.41) is 11.4. The lowest BCUT2D eigenvalue weighted by Gasteiger charge is -2.11. The van der Waals surface area contributed by atoms with Crippen LogP contribution < -0.4 is 16.0 Å². The normalized spacial score (nSPS) is 10.4. The van der Waals surface area contributed by atoms with Gasteiger partial charge >= 0.3 is 6.03 Å². The number of amides is 3. The number of aryl methyl sites for hydroxylation is 2. The van der Waals surface area contributed by atoms with Crippen LogP contribution in [0, 0.1) is 13.8 Å². The predicted molar refractivity (Wildman–Crippen MR) is 118 cm³/mol. The van der Waals surface area contributed by atoms with Crippen LogP contribution in [0.15, 0.2) is 47.8 Å². The quantitative estimate of drug-likeness (QED) is 0.550. The van der Waals surface area contributed by atoms with Crippen molar-refractivity contribution in [2.75, 3.05) is 17.2 Å². The second-order valence-electron chi connectivity index (χ2n) is 6.85. The predicted octanol–water partition coefficient (Wildman–Crippen LogP) is 4.75. The zero-order chi connectivity index (χ0) is 20.8. The van der Waals surface area contributed by atoms with Crippen LogP contribution in [0.2, 0.25) is 0 Å². The molecule has 0 aliphatic carbocycles. The third-order valence-corrected chi connectivity index (χ3v) is 5.26. The monoisotopic (exact) mass is 408 g/mol. The average molecular weight is 409 g/mol. The maximum absolute atomic E-state index is 12.2. The molecule has 1 heterocycles. The van der Waals surface area contributed by atoms with E-state index in [1.54, 1.807) is 23.5 Å². The van der Waals surface area contributed by atoms with Gasteiger partial charge in [0.2, 0.25) is 5.91 Å². The van der Waals surface area contributed by atoms with Crippen LogP contribution in [0.1, 0.15) is 23.7 Å². The third kappa shape index (κ3) is 5.89. The molecule has 0 saturated heterocycles. The van der Waals surface area contributed by atoms with Crippen molar-refractivity contribution in [2.45, 2.75) is 27.2 Å². The Labute approximate surface area is 174 Å². The second-order valence-corrected chi connectivity index (χ2v) is 7.71. The molecule has 0 aliphatic rings. The molecule has 3 amide bonds. The van der Waals surface area contributed by atoms with Crippen LogP contribution in [0.5, 0.6) is 0 Å². The lowest BCUT2D eigenvalue weighted by Crippen LogP contribution is -2.30. The molecule has 0 saturated carbocycles. The van der Waals surface area contributed by atoms with Crippen molar-refractivity contribution in [1.82, 2.24) is 10.3 Å². The average Bonchev–Trinajstić information content (AvgIpc) is 3.13. The van der Waals surface area contributed by atoms with E-state index in [9.17, 15) is 9.59 Å². The van der Waals surface area contributed by atoms with Gasteiger partial charge in [-0.1, -0.05) is 35.9 Å². The first-order valence-electron chi connectivity index (χ1n) is 9.35. The highest BCUT2D eigenvalue weighted by Gasteiger charge is 2.07. The molecule has 29 heavy (non-hydrogen) atoms. The maximum atomic E-state index is 12.2. The summed E-state index contributed by atoms with van der Waals surface area (Å²) in [5.41, 5.74) is 5.51. The van der Waals surface area contributed by atoms with E-state index in [4.69, 9.17) is 0 Å². The fourth-order valence-corrected chi connectivity index (χ4v) is 3.61. The van der Waals surface area contributed by atoms with E-state index in [2.05, 4.69) is 52.1 Å². The van der Waals surface area contributed by atoms with Gasteiger partial charge < -0.3 is 16.0 Å². The van der Waals surface area contributed by atoms with E-state index in [0.717, 1.165) is 21.8 Å². The highest BCUT2D eigenvalue weighted by atomic mass is 32.1. The van der Waals surface area contributed by atoms with Crippen LogP contribution in [0.25, 0.3) is 10.6 Å². The summed E-state index contributed by atoms with van der Waals surface area (Å²) in [6.45, 7) is 5.89. The van der Waals surface area contributed by atoms with Crippen LogP contribution in [-0.2, 0) is 11.2 Å². The Morgan fingerprint density at radius 2 is 1.79 bits per heavy atom. The number of nitrogens with one attached hydrogen (secondary N) is 3. The standard InChI is InChI=1S/C22H24N4O2S/c1-14-4-7-17(8-5-14)21-25-19(13-29-21)10-11-23-22(28)26-18-9-6-15(2)20(12-18)24-16(3)27/h4-9,12-13H,10-11H2,1-3H3,(H,24,27)(H2,23,26,28). The smallest absolute Gasteiger partial charge is 0.319 e. The van der Waals surface area contributed by atoms with Gasteiger partial charge in [0.05, 0.1) is 5.69 Å². The van der Waals surface area contributed by atoms with Crippen molar-refractivity contribution in [2.24, 2.45) is 0 Å². The summed E-state index contributed by atoms with van der Waals surface area (Å²) < 4.78 is 0. The first-order valence-corrected chi connectivity index (χ1v) is 10.2. The molecule has 0 spiro atoms. The van der Waals surface area contributed by atoms with Crippen molar-refractivity contribution >= 4 is 34.6 Å². The minimum absolute atomic E-state index is 0.150. The van der Waals surface area contributed by atoms with Crippen molar-refractivity contribution in [3.05, 3.63) is 64.7 Å². The van der Waals surface area contributed by atoms with Crippen LogP contribution in [0.4, 0.5) is 16.2 Å². The Balaban J connectivity index is 1.50. The summed E-state index contributed by atoms with van der Waals surface area (Å²) in [6, 6.07) is 13.4. The van der Waals surface area contributed by atoms with Gasteiger partial charge in [0.15, 0.2) is 0 Å². The molecule has 6 nitrogen and oxygen atoms in total. The van der Waals surface area contributed by atoms with Crippen molar-refractivity contribution in [1.29, 1.82) is 0 Å². The molecular weight excluding hydrogens is 384 g/mol. The molecule has 0 radical (unpaired) electrons. The zero-order valence-electron chi connectivity index (χ0n) is 16.7. The molecule has 0 unspecified atom stereocenters. The first-order chi connectivity index (χ1) is 13.9. The SMILES string of the molecule is CC(=O)Nc1cc(NC(=O)NCCc2csc(-c3ccc(C)cc3)n2)ccc1C. The number of aromatic nitrogens is 1. The second kappa shape index (κ2) is 9.34.